The van der Waals surface area contributed by atoms with Crippen LogP contribution in [0.3, 0.4) is 0 Å². The maximum absolute atomic E-state index is 11.5. The lowest BCUT2D eigenvalue weighted by Gasteiger charge is -2.07. The second kappa shape index (κ2) is 7.91. The number of primary sulfonamides is 1. The van der Waals surface area contributed by atoms with Gasteiger partial charge in [0.1, 0.15) is 10.7 Å². The third-order valence-electron chi connectivity index (χ3n) is 2.44. The van der Waals surface area contributed by atoms with Crippen molar-refractivity contribution >= 4 is 33.1 Å². The van der Waals surface area contributed by atoms with Crippen LogP contribution in [0.15, 0.2) is 24.3 Å². The Kier molecular flexibility index (Phi) is 6.53. The summed E-state index contributed by atoms with van der Waals surface area (Å²) in [5.74, 6) is -0.00765. The largest absolute Gasteiger partial charge is 0.484 e. The first kappa shape index (κ1) is 17.3. The van der Waals surface area contributed by atoms with Crippen LogP contribution in [0, 0.1) is 0 Å². The van der Waals surface area contributed by atoms with Gasteiger partial charge in [-0.3, -0.25) is 4.79 Å². The lowest BCUT2D eigenvalue weighted by atomic mass is 10.2. The zero-order valence-electron chi connectivity index (χ0n) is 11.2. The van der Waals surface area contributed by atoms with E-state index in [0.717, 1.165) is 0 Å². The Labute approximate surface area is 128 Å². The third kappa shape index (κ3) is 7.59. The Bertz CT molecular complexity index is 599. The highest BCUT2D eigenvalue weighted by Gasteiger charge is 2.05. The van der Waals surface area contributed by atoms with E-state index in [4.69, 9.17) is 27.8 Å². The Morgan fingerprint density at radius 2 is 1.90 bits per heavy atom. The second-order valence-corrected chi connectivity index (χ2v) is 6.42. The molecule has 0 bridgehead atoms. The quantitative estimate of drug-likeness (QED) is 0.435. The molecule has 0 aromatic heterocycles. The summed E-state index contributed by atoms with van der Waals surface area (Å²) in [5, 5.41) is 7.37. The number of hydrogen-bond donors (Lipinski definition) is 3. The van der Waals surface area contributed by atoms with E-state index in [1.165, 1.54) is 0 Å². The Morgan fingerprint density at radius 1 is 1.29 bits per heavy atom. The summed E-state index contributed by atoms with van der Waals surface area (Å²) in [5.41, 5.74) is 6.17. The van der Waals surface area contributed by atoms with Crippen molar-refractivity contribution in [2.24, 2.45) is 10.9 Å². The third-order valence-corrected chi connectivity index (χ3v) is 3.53. The van der Waals surface area contributed by atoms with E-state index in [-0.39, 0.29) is 36.2 Å². The van der Waals surface area contributed by atoms with E-state index in [1.807, 2.05) is 0 Å². The van der Waals surface area contributed by atoms with Crippen LogP contribution in [0.25, 0.3) is 0 Å². The molecule has 0 saturated carbocycles. The van der Waals surface area contributed by atoms with E-state index in [1.54, 1.807) is 24.3 Å². The van der Waals surface area contributed by atoms with Gasteiger partial charge in [0.25, 0.3) is 5.91 Å². The molecule has 0 heterocycles. The van der Waals surface area contributed by atoms with Gasteiger partial charge in [0.05, 0.1) is 5.75 Å². The molecule has 0 unspecified atom stereocenters. The molecule has 7 nitrogen and oxygen atoms in total. The van der Waals surface area contributed by atoms with Gasteiger partial charge in [-0.15, -0.1) is 0 Å². The van der Waals surface area contributed by atoms with Gasteiger partial charge in [-0.05, 0) is 30.7 Å². The summed E-state index contributed by atoms with van der Waals surface area (Å²) in [6.45, 7) is 0.0563. The fourth-order valence-electron chi connectivity index (χ4n) is 1.42. The number of benzene rings is 1. The number of hydrogen-bond acceptors (Lipinski definition) is 5. The Morgan fingerprint density at radius 3 is 2.43 bits per heavy atom. The minimum Gasteiger partial charge on any atom is -0.484 e. The molecule has 1 rings (SSSR count). The fraction of sp³-hybridized carbons (Fsp3) is 0.333. The van der Waals surface area contributed by atoms with Crippen LogP contribution in [0.2, 0.25) is 0 Å². The van der Waals surface area contributed by atoms with Crippen molar-refractivity contribution in [3.63, 3.8) is 0 Å². The first-order chi connectivity index (χ1) is 9.78. The van der Waals surface area contributed by atoms with Crippen LogP contribution in [-0.2, 0) is 14.8 Å². The molecular weight excluding hydrogens is 314 g/mol. The van der Waals surface area contributed by atoms with E-state index in [0.29, 0.717) is 11.3 Å². The maximum atomic E-state index is 11.5. The van der Waals surface area contributed by atoms with Crippen LogP contribution in [0.4, 0.5) is 0 Å². The molecule has 0 fully saturated rings. The van der Waals surface area contributed by atoms with Crippen molar-refractivity contribution in [1.82, 2.24) is 5.32 Å². The Hall–Kier alpha value is -1.71. The Balaban J connectivity index is 2.28. The van der Waals surface area contributed by atoms with E-state index >= 15 is 0 Å². The minimum absolute atomic E-state index is 0.165. The standard InChI is InChI=1S/C12H17N3O4S2/c13-12(20)9-2-4-10(5-3-9)19-8-11(16)15-6-1-7-21(14,17)18/h2-5H,1,6-8H2,(H2,13,20)(H,15,16)(H2,14,17,18). The maximum Gasteiger partial charge on any atom is 0.257 e. The topological polar surface area (TPSA) is 125 Å². The van der Waals surface area contributed by atoms with Gasteiger partial charge in [0.15, 0.2) is 6.61 Å². The zero-order chi connectivity index (χ0) is 15.9. The summed E-state index contributed by atoms with van der Waals surface area (Å²) < 4.78 is 26.6. The first-order valence-corrected chi connectivity index (χ1v) is 8.20. The second-order valence-electron chi connectivity index (χ2n) is 4.25. The summed E-state index contributed by atoms with van der Waals surface area (Å²) in [7, 11) is -3.49. The first-order valence-electron chi connectivity index (χ1n) is 6.08. The molecule has 0 saturated heterocycles. The summed E-state index contributed by atoms with van der Waals surface area (Å²) >= 11 is 4.82. The molecule has 0 aliphatic heterocycles. The number of nitrogens with one attached hydrogen (secondary N) is 1. The van der Waals surface area contributed by atoms with Gasteiger partial charge >= 0.3 is 0 Å². The van der Waals surface area contributed by atoms with Crippen molar-refractivity contribution < 1.29 is 17.9 Å². The molecule has 1 amide bonds. The van der Waals surface area contributed by atoms with Crippen molar-refractivity contribution in [2.45, 2.75) is 6.42 Å². The monoisotopic (exact) mass is 331 g/mol. The summed E-state index contributed by atoms with van der Waals surface area (Å²) in [6.07, 6.45) is 0.257. The van der Waals surface area contributed by atoms with E-state index in [2.05, 4.69) is 5.32 Å². The van der Waals surface area contributed by atoms with Crippen molar-refractivity contribution in [3.05, 3.63) is 29.8 Å². The van der Waals surface area contributed by atoms with Gasteiger partial charge < -0.3 is 15.8 Å². The van der Waals surface area contributed by atoms with E-state index < -0.39 is 10.0 Å². The molecule has 1 aromatic rings. The number of nitrogens with two attached hydrogens (primary N) is 2. The molecule has 0 spiro atoms. The molecule has 9 heteroatoms. The molecule has 0 radical (unpaired) electrons. The fourth-order valence-corrected chi connectivity index (χ4v) is 2.10. The summed E-state index contributed by atoms with van der Waals surface area (Å²) in [4.78, 5) is 11.7. The number of amides is 1. The predicted molar refractivity (Wildman–Crippen MR) is 83.4 cm³/mol. The van der Waals surface area contributed by atoms with Crippen molar-refractivity contribution in [3.8, 4) is 5.75 Å². The highest BCUT2D eigenvalue weighted by Crippen LogP contribution is 2.11. The molecule has 0 aliphatic carbocycles. The number of carbonyl (C=O) groups excluding carboxylic acids is 1. The van der Waals surface area contributed by atoms with Gasteiger partial charge in [-0.25, -0.2) is 13.6 Å². The lowest BCUT2D eigenvalue weighted by Crippen LogP contribution is -2.31. The van der Waals surface area contributed by atoms with Gasteiger partial charge in [-0.1, -0.05) is 12.2 Å². The number of ether oxygens (including phenoxy) is 1. The van der Waals surface area contributed by atoms with Crippen molar-refractivity contribution in [1.29, 1.82) is 0 Å². The van der Waals surface area contributed by atoms with Crippen LogP contribution >= 0.6 is 12.2 Å². The molecular formula is C12H17N3O4S2. The lowest BCUT2D eigenvalue weighted by molar-refractivity contribution is -0.123. The van der Waals surface area contributed by atoms with Gasteiger partial charge in [0, 0.05) is 12.1 Å². The van der Waals surface area contributed by atoms with Crippen molar-refractivity contribution in [2.75, 3.05) is 18.9 Å². The van der Waals surface area contributed by atoms with Crippen LogP contribution < -0.4 is 20.9 Å². The van der Waals surface area contributed by atoms with E-state index in [9.17, 15) is 13.2 Å². The highest BCUT2D eigenvalue weighted by atomic mass is 32.2. The van der Waals surface area contributed by atoms with Crippen LogP contribution in [-0.4, -0.2) is 38.2 Å². The predicted octanol–water partition coefficient (Wildman–Crippen LogP) is -0.506. The molecule has 21 heavy (non-hydrogen) atoms. The van der Waals surface area contributed by atoms with Gasteiger partial charge in [0.2, 0.25) is 10.0 Å². The SMILES string of the molecule is NC(=S)c1ccc(OCC(=O)NCCCS(N)(=O)=O)cc1. The molecule has 5 N–H and O–H groups in total. The highest BCUT2D eigenvalue weighted by molar-refractivity contribution is 7.89. The molecule has 0 aliphatic rings. The van der Waals surface area contributed by atoms with Crippen LogP contribution in [0.5, 0.6) is 5.75 Å². The number of rotatable bonds is 8. The number of thiocarbonyl (C=S) groups is 1. The average Bonchev–Trinajstić information content (AvgIpc) is 2.41. The minimum atomic E-state index is -3.49. The normalized spacial score (nSPS) is 10.9. The average molecular weight is 331 g/mol. The molecule has 0 atom stereocenters. The van der Waals surface area contributed by atoms with Crippen LogP contribution in [0.1, 0.15) is 12.0 Å². The molecule has 116 valence electrons. The zero-order valence-corrected chi connectivity index (χ0v) is 12.9. The summed E-state index contributed by atoms with van der Waals surface area (Å²) in [6, 6.07) is 6.70. The number of carbonyl (C=O) groups is 1. The smallest absolute Gasteiger partial charge is 0.257 e. The molecule has 1 aromatic carbocycles. The van der Waals surface area contributed by atoms with Gasteiger partial charge in [-0.2, -0.15) is 0 Å². The number of sulfonamides is 1.